The molecule has 0 bridgehead atoms. The van der Waals surface area contributed by atoms with Gasteiger partial charge in [-0.05, 0) is 27.6 Å². The maximum absolute atomic E-state index is 4.48. The highest BCUT2D eigenvalue weighted by atomic mass is 31.7. The van der Waals surface area contributed by atoms with E-state index >= 15 is 0 Å². The summed E-state index contributed by atoms with van der Waals surface area (Å²) in [5, 5.41) is 6.00. The van der Waals surface area contributed by atoms with Crippen LogP contribution in [0.25, 0.3) is 0 Å². The van der Waals surface area contributed by atoms with E-state index in [1.165, 1.54) is 46.2 Å². The van der Waals surface area contributed by atoms with Crippen molar-refractivity contribution in [3.05, 3.63) is 11.0 Å². The highest BCUT2D eigenvalue weighted by molar-refractivity contribution is 7.85. The van der Waals surface area contributed by atoms with E-state index in [1.807, 2.05) is 0 Å². The molecular weight excluding hydrogens is 160 g/mol. The molecular formula is C7H10NP2. The maximum Gasteiger partial charge on any atom is 0.0699 e. The van der Waals surface area contributed by atoms with Gasteiger partial charge in [0.05, 0.1) is 13.7 Å². The second-order valence-corrected chi connectivity index (χ2v) is 5.27. The monoisotopic (exact) mass is 170 g/mol. The molecule has 53 valence electrons. The van der Waals surface area contributed by atoms with Crippen LogP contribution in [0.15, 0.2) is 11.0 Å². The molecule has 1 nitrogen and oxygen atoms in total. The van der Waals surface area contributed by atoms with E-state index in [0.29, 0.717) is 0 Å². The third-order valence-corrected chi connectivity index (χ3v) is 4.57. The summed E-state index contributed by atoms with van der Waals surface area (Å²) >= 11 is 0. The summed E-state index contributed by atoms with van der Waals surface area (Å²) in [6, 6.07) is 0. The van der Waals surface area contributed by atoms with Gasteiger partial charge in [0.1, 0.15) is 0 Å². The molecule has 1 aliphatic carbocycles. The van der Waals surface area contributed by atoms with Crippen LogP contribution in [0.5, 0.6) is 0 Å². The van der Waals surface area contributed by atoms with E-state index in [4.69, 9.17) is 0 Å². The zero-order chi connectivity index (χ0) is 6.97. The molecule has 0 aromatic rings. The van der Waals surface area contributed by atoms with E-state index < -0.39 is 0 Å². The predicted octanol–water partition coefficient (Wildman–Crippen LogP) is 3.36. The van der Waals surface area contributed by atoms with Gasteiger partial charge < -0.3 is 0 Å². The SMILES string of the molecule is CC1=C(C2CCC2)[N]P=P1. The Morgan fingerprint density at radius 3 is 2.70 bits per heavy atom. The highest BCUT2D eigenvalue weighted by Gasteiger charge is 2.25. The minimum Gasteiger partial charge on any atom is -0.226 e. The van der Waals surface area contributed by atoms with Gasteiger partial charge in [-0.15, -0.1) is 0 Å². The normalized spacial score (nSPS) is 28.1. The summed E-state index contributed by atoms with van der Waals surface area (Å²) in [6.45, 7) is 2.22. The zero-order valence-corrected chi connectivity index (χ0v) is 7.83. The smallest absolute Gasteiger partial charge is 0.0699 e. The van der Waals surface area contributed by atoms with Crippen LogP contribution in [0, 0.1) is 5.92 Å². The fraction of sp³-hybridized carbons (Fsp3) is 0.714. The first kappa shape index (κ1) is 6.83. The molecule has 0 aromatic carbocycles. The van der Waals surface area contributed by atoms with Crippen molar-refractivity contribution in [2.45, 2.75) is 26.2 Å². The van der Waals surface area contributed by atoms with Crippen LogP contribution in [0.1, 0.15) is 26.2 Å². The van der Waals surface area contributed by atoms with Gasteiger partial charge in [-0.3, -0.25) is 0 Å². The quantitative estimate of drug-likeness (QED) is 0.535. The summed E-state index contributed by atoms with van der Waals surface area (Å²) in [4.78, 5) is 0. The Labute approximate surface area is 64.8 Å². The van der Waals surface area contributed by atoms with Gasteiger partial charge in [-0.25, -0.2) is 5.09 Å². The Morgan fingerprint density at radius 1 is 1.50 bits per heavy atom. The Morgan fingerprint density at radius 2 is 2.30 bits per heavy atom. The molecule has 0 aromatic heterocycles. The van der Waals surface area contributed by atoms with Crippen molar-refractivity contribution >= 4 is 15.9 Å². The van der Waals surface area contributed by atoms with Crippen LogP contribution in [-0.2, 0) is 0 Å². The lowest BCUT2D eigenvalue weighted by molar-refractivity contribution is 0.359. The largest absolute Gasteiger partial charge is 0.226 e. The van der Waals surface area contributed by atoms with Gasteiger partial charge in [-0.2, -0.15) is 0 Å². The number of rotatable bonds is 1. The second kappa shape index (κ2) is 2.64. The number of allylic oxidation sites excluding steroid dienone is 2. The van der Waals surface area contributed by atoms with Crippen LogP contribution in [0.4, 0.5) is 0 Å². The minimum atomic E-state index is 0.850. The molecule has 0 saturated heterocycles. The first-order valence-electron chi connectivity index (χ1n) is 3.70. The summed E-state index contributed by atoms with van der Waals surface area (Å²) < 4.78 is 0. The molecule has 2 aliphatic rings. The average molecular weight is 170 g/mol. The van der Waals surface area contributed by atoms with Crippen molar-refractivity contribution in [2.24, 2.45) is 5.92 Å². The topological polar surface area (TPSA) is 14.1 Å². The molecule has 0 atom stereocenters. The van der Waals surface area contributed by atoms with Crippen LogP contribution >= 0.6 is 15.9 Å². The molecule has 1 fully saturated rings. The summed E-state index contributed by atoms with van der Waals surface area (Å²) in [6.07, 6.45) is 4.20. The molecule has 3 heteroatoms. The maximum atomic E-state index is 4.48. The van der Waals surface area contributed by atoms with E-state index in [9.17, 15) is 0 Å². The van der Waals surface area contributed by atoms with Crippen molar-refractivity contribution in [2.75, 3.05) is 0 Å². The third-order valence-electron chi connectivity index (χ3n) is 2.21. The Bertz CT molecular complexity index is 204. The van der Waals surface area contributed by atoms with E-state index in [2.05, 4.69) is 12.0 Å². The molecule has 0 N–H and O–H groups in total. The average Bonchev–Trinajstić information content (AvgIpc) is 2.12. The predicted molar refractivity (Wildman–Crippen MR) is 46.0 cm³/mol. The molecule has 0 unspecified atom stereocenters. The first-order valence-corrected chi connectivity index (χ1v) is 6.15. The molecule has 1 heterocycles. The first-order chi connectivity index (χ1) is 4.88. The molecule has 0 spiro atoms. The lowest BCUT2D eigenvalue weighted by atomic mass is 9.83. The molecule has 1 aliphatic heterocycles. The Hall–Kier alpha value is 0.140. The fourth-order valence-electron chi connectivity index (χ4n) is 1.32. The van der Waals surface area contributed by atoms with Crippen molar-refractivity contribution in [1.82, 2.24) is 5.09 Å². The van der Waals surface area contributed by atoms with Gasteiger partial charge >= 0.3 is 0 Å². The van der Waals surface area contributed by atoms with Crippen molar-refractivity contribution in [3.8, 4) is 0 Å². The summed E-state index contributed by atoms with van der Waals surface area (Å²) in [5.41, 5.74) is 1.44. The van der Waals surface area contributed by atoms with Crippen molar-refractivity contribution in [3.63, 3.8) is 0 Å². The molecule has 0 amide bonds. The van der Waals surface area contributed by atoms with Crippen molar-refractivity contribution < 1.29 is 0 Å². The molecule has 1 saturated carbocycles. The standard InChI is InChI=1S/C7H10NP2/c1-5-7(8-10-9-5)6-3-2-4-6/h6H,2-4H2,1H3. The van der Waals surface area contributed by atoms with Crippen LogP contribution in [0.3, 0.4) is 0 Å². The lowest BCUT2D eigenvalue weighted by Gasteiger charge is -2.25. The van der Waals surface area contributed by atoms with Crippen LogP contribution in [0.2, 0.25) is 0 Å². The van der Waals surface area contributed by atoms with Gasteiger partial charge in [0.25, 0.3) is 0 Å². The van der Waals surface area contributed by atoms with Crippen LogP contribution in [-0.4, -0.2) is 0 Å². The van der Waals surface area contributed by atoms with Crippen LogP contribution < -0.4 is 5.09 Å². The molecule has 10 heavy (non-hydrogen) atoms. The van der Waals surface area contributed by atoms with Gasteiger partial charge in [0.2, 0.25) is 0 Å². The Kier molecular flexibility index (Phi) is 1.80. The number of hydrogen-bond acceptors (Lipinski definition) is 0. The second-order valence-electron chi connectivity index (χ2n) is 2.89. The van der Waals surface area contributed by atoms with E-state index in [-0.39, 0.29) is 0 Å². The highest BCUT2D eigenvalue weighted by Crippen LogP contribution is 2.43. The lowest BCUT2D eigenvalue weighted by Crippen LogP contribution is -2.16. The minimum absolute atomic E-state index is 0.850. The summed E-state index contributed by atoms with van der Waals surface area (Å²) in [7, 11) is 2.68. The number of nitrogens with zero attached hydrogens (tertiary/aromatic N) is 1. The van der Waals surface area contributed by atoms with Crippen molar-refractivity contribution in [1.29, 1.82) is 0 Å². The zero-order valence-electron chi connectivity index (χ0n) is 6.04. The number of hydrogen-bond donors (Lipinski definition) is 0. The van der Waals surface area contributed by atoms with Gasteiger partial charge in [0, 0.05) is 11.2 Å². The Balaban J connectivity index is 2.11. The van der Waals surface area contributed by atoms with E-state index in [0.717, 1.165) is 5.92 Å². The van der Waals surface area contributed by atoms with Gasteiger partial charge in [0.15, 0.2) is 0 Å². The fourth-order valence-corrected chi connectivity index (χ4v) is 3.46. The van der Waals surface area contributed by atoms with E-state index in [1.54, 1.807) is 0 Å². The summed E-state index contributed by atoms with van der Waals surface area (Å²) in [5.74, 6) is 0.850. The third kappa shape index (κ3) is 1.02. The van der Waals surface area contributed by atoms with Gasteiger partial charge in [-0.1, -0.05) is 6.42 Å². The molecule has 1 radical (unpaired) electrons. The molecule has 2 rings (SSSR count).